The van der Waals surface area contributed by atoms with Gasteiger partial charge >= 0.3 is 5.97 Å². The van der Waals surface area contributed by atoms with E-state index in [2.05, 4.69) is 72.8 Å². The van der Waals surface area contributed by atoms with Crippen molar-refractivity contribution in [3.8, 4) is 0 Å². The maximum absolute atomic E-state index is 11.3. The average molecular weight is 347 g/mol. The minimum atomic E-state index is -0.721. The van der Waals surface area contributed by atoms with Crippen molar-refractivity contribution in [2.45, 2.75) is 80.6 Å². The maximum Gasteiger partial charge on any atom is 0.303 e. The Morgan fingerprint density at radius 1 is 0.840 bits per heavy atom. The molecule has 0 aromatic carbocycles. The molecule has 0 amide bonds. The molecule has 0 aliphatic heterocycles. The number of rotatable bonds is 11. The fourth-order valence-corrected chi connectivity index (χ4v) is 2.88. The third kappa shape index (κ3) is 13.4. The normalized spacial score (nSPS) is 14.7. The molecule has 0 aliphatic rings. The van der Waals surface area contributed by atoms with Crippen molar-refractivity contribution in [2.24, 2.45) is 11.8 Å². The largest absolute Gasteiger partial charge is 0.481 e. The molecule has 142 valence electrons. The zero-order valence-electron chi connectivity index (χ0n) is 17.4. The second-order valence-corrected chi connectivity index (χ2v) is 7.79. The van der Waals surface area contributed by atoms with Crippen molar-refractivity contribution in [3.63, 3.8) is 0 Å². The van der Waals surface area contributed by atoms with Gasteiger partial charge in [-0.25, -0.2) is 0 Å². The smallest absolute Gasteiger partial charge is 0.303 e. The van der Waals surface area contributed by atoms with Crippen LogP contribution in [0.25, 0.3) is 0 Å². The van der Waals surface area contributed by atoms with Crippen LogP contribution in [0.5, 0.6) is 0 Å². The van der Waals surface area contributed by atoms with E-state index in [4.69, 9.17) is 0 Å². The molecule has 1 N–H and O–H groups in total. The molecule has 0 heterocycles. The monoisotopic (exact) mass is 346 g/mol. The Kier molecular flexibility index (Phi) is 11.9. The topological polar surface area (TPSA) is 37.3 Å². The molecule has 0 aromatic rings. The van der Waals surface area contributed by atoms with E-state index in [1.807, 2.05) is 0 Å². The SMILES string of the molecule is CC(C)=CCC/C(C)=C/C(C)C(/C=C(\C)CCC=C(C)C)CC(=O)O. The molecule has 25 heavy (non-hydrogen) atoms. The van der Waals surface area contributed by atoms with Crippen LogP contribution in [0, 0.1) is 11.8 Å². The minimum Gasteiger partial charge on any atom is -0.481 e. The number of carboxylic acid groups (broad SMARTS) is 1. The molecule has 0 fully saturated rings. The summed E-state index contributed by atoms with van der Waals surface area (Å²) >= 11 is 0. The van der Waals surface area contributed by atoms with Gasteiger partial charge in [0.25, 0.3) is 0 Å². The van der Waals surface area contributed by atoms with Crippen LogP contribution in [0.4, 0.5) is 0 Å². The highest BCUT2D eigenvalue weighted by atomic mass is 16.4. The van der Waals surface area contributed by atoms with Gasteiger partial charge in [0.05, 0.1) is 6.42 Å². The fraction of sp³-hybridized carbons (Fsp3) is 0.609. The highest BCUT2D eigenvalue weighted by Gasteiger charge is 2.17. The van der Waals surface area contributed by atoms with Crippen molar-refractivity contribution >= 4 is 5.97 Å². The average Bonchev–Trinajstić information content (AvgIpc) is 2.45. The highest BCUT2D eigenvalue weighted by molar-refractivity contribution is 5.67. The Hall–Kier alpha value is -1.57. The number of hydrogen-bond donors (Lipinski definition) is 1. The summed E-state index contributed by atoms with van der Waals surface area (Å²) in [4.78, 5) is 11.3. The van der Waals surface area contributed by atoms with Gasteiger partial charge < -0.3 is 5.11 Å². The molecule has 0 spiro atoms. The van der Waals surface area contributed by atoms with Crippen molar-refractivity contribution in [1.29, 1.82) is 0 Å². The predicted molar refractivity (Wildman–Crippen MR) is 110 cm³/mol. The van der Waals surface area contributed by atoms with Crippen molar-refractivity contribution in [3.05, 3.63) is 46.6 Å². The van der Waals surface area contributed by atoms with E-state index >= 15 is 0 Å². The maximum atomic E-state index is 11.3. The van der Waals surface area contributed by atoms with Crippen LogP contribution < -0.4 is 0 Å². The van der Waals surface area contributed by atoms with Crippen LogP contribution >= 0.6 is 0 Å². The molecular weight excluding hydrogens is 308 g/mol. The summed E-state index contributed by atoms with van der Waals surface area (Å²) in [6.07, 6.45) is 13.2. The van der Waals surface area contributed by atoms with Gasteiger partial charge in [-0.1, -0.05) is 53.5 Å². The van der Waals surface area contributed by atoms with Crippen molar-refractivity contribution < 1.29 is 9.90 Å². The summed E-state index contributed by atoms with van der Waals surface area (Å²) < 4.78 is 0. The van der Waals surface area contributed by atoms with Gasteiger partial charge in [-0.05, 0) is 79.1 Å². The van der Waals surface area contributed by atoms with Gasteiger partial charge in [0.2, 0.25) is 0 Å². The summed E-state index contributed by atoms with van der Waals surface area (Å²) in [6, 6.07) is 0. The Morgan fingerprint density at radius 2 is 1.28 bits per heavy atom. The number of carboxylic acids is 1. The Bertz CT molecular complexity index is 524. The van der Waals surface area contributed by atoms with Crippen LogP contribution in [0.2, 0.25) is 0 Å². The van der Waals surface area contributed by atoms with E-state index in [1.54, 1.807) is 0 Å². The van der Waals surface area contributed by atoms with Gasteiger partial charge in [-0.15, -0.1) is 0 Å². The standard InChI is InChI=1S/C23H38O2/c1-17(2)10-8-12-19(5)14-21(7)22(16-23(24)25)15-20(6)13-9-11-18(3)4/h10-11,14-15,21-22H,8-9,12-13,16H2,1-7H3,(H,24,25)/b19-14+,20-15+. The summed E-state index contributed by atoms with van der Waals surface area (Å²) in [5.41, 5.74) is 5.31. The molecule has 2 nitrogen and oxygen atoms in total. The van der Waals surface area contributed by atoms with E-state index in [9.17, 15) is 9.90 Å². The summed E-state index contributed by atoms with van der Waals surface area (Å²) in [7, 11) is 0. The first-order chi connectivity index (χ1) is 11.6. The van der Waals surface area contributed by atoms with Crippen LogP contribution in [0.15, 0.2) is 46.6 Å². The van der Waals surface area contributed by atoms with E-state index in [0.717, 1.165) is 25.7 Å². The summed E-state index contributed by atoms with van der Waals surface area (Å²) in [5, 5.41) is 9.26. The van der Waals surface area contributed by atoms with Crippen LogP contribution in [0.1, 0.15) is 80.6 Å². The van der Waals surface area contributed by atoms with Gasteiger partial charge in [0, 0.05) is 0 Å². The lowest BCUT2D eigenvalue weighted by atomic mass is 9.86. The molecule has 0 bridgehead atoms. The lowest BCUT2D eigenvalue weighted by Gasteiger charge is -2.18. The van der Waals surface area contributed by atoms with Crippen molar-refractivity contribution in [2.75, 3.05) is 0 Å². The first-order valence-electron chi connectivity index (χ1n) is 9.45. The number of allylic oxidation sites excluding steroid dienone is 8. The lowest BCUT2D eigenvalue weighted by Crippen LogP contribution is -2.13. The molecule has 0 aromatic heterocycles. The van der Waals surface area contributed by atoms with Gasteiger partial charge in [-0.3, -0.25) is 4.79 Å². The molecule has 0 radical (unpaired) electrons. The number of hydrogen-bond acceptors (Lipinski definition) is 1. The van der Waals surface area contributed by atoms with Crippen LogP contribution in [0.3, 0.4) is 0 Å². The van der Waals surface area contributed by atoms with E-state index in [-0.39, 0.29) is 18.3 Å². The summed E-state index contributed by atoms with van der Waals surface area (Å²) in [5.74, 6) is -0.426. The zero-order chi connectivity index (χ0) is 19.4. The Labute approximate surface area is 155 Å². The van der Waals surface area contributed by atoms with E-state index in [0.29, 0.717) is 0 Å². The van der Waals surface area contributed by atoms with Crippen LogP contribution in [-0.4, -0.2) is 11.1 Å². The van der Waals surface area contributed by atoms with Crippen molar-refractivity contribution in [1.82, 2.24) is 0 Å². The molecular formula is C23H38O2. The quantitative estimate of drug-likeness (QED) is 0.405. The Morgan fingerprint density at radius 3 is 1.68 bits per heavy atom. The summed E-state index contributed by atoms with van der Waals surface area (Å²) in [6.45, 7) is 14.9. The molecule has 0 saturated carbocycles. The van der Waals surface area contributed by atoms with Gasteiger partial charge in [-0.2, -0.15) is 0 Å². The predicted octanol–water partition coefficient (Wildman–Crippen LogP) is 7.10. The highest BCUT2D eigenvalue weighted by Crippen LogP contribution is 2.24. The molecule has 0 aliphatic carbocycles. The molecule has 2 heteroatoms. The number of aliphatic carboxylic acids is 1. The molecule has 0 saturated heterocycles. The minimum absolute atomic E-state index is 0.0580. The molecule has 0 rings (SSSR count). The Balaban J connectivity index is 4.96. The van der Waals surface area contributed by atoms with E-state index in [1.165, 1.54) is 22.3 Å². The zero-order valence-corrected chi connectivity index (χ0v) is 17.4. The van der Waals surface area contributed by atoms with Gasteiger partial charge in [0.15, 0.2) is 0 Å². The second kappa shape index (κ2) is 12.7. The third-order valence-corrected chi connectivity index (χ3v) is 4.31. The first-order valence-corrected chi connectivity index (χ1v) is 9.45. The second-order valence-electron chi connectivity index (χ2n) is 7.79. The number of carbonyl (C=O) groups is 1. The molecule has 2 unspecified atom stereocenters. The fourth-order valence-electron chi connectivity index (χ4n) is 2.88. The third-order valence-electron chi connectivity index (χ3n) is 4.31. The first kappa shape index (κ1) is 23.4. The molecule has 2 atom stereocenters. The van der Waals surface area contributed by atoms with E-state index < -0.39 is 5.97 Å². The van der Waals surface area contributed by atoms with Crippen LogP contribution in [-0.2, 0) is 4.79 Å². The van der Waals surface area contributed by atoms with Gasteiger partial charge in [0.1, 0.15) is 0 Å². The lowest BCUT2D eigenvalue weighted by molar-refractivity contribution is -0.137.